The molecule has 0 aliphatic rings. The van der Waals surface area contributed by atoms with Gasteiger partial charge in [0.25, 0.3) is 0 Å². The van der Waals surface area contributed by atoms with Gasteiger partial charge < -0.3 is 18.6 Å². The molecular weight excluding hydrogens is 312 g/mol. The van der Waals surface area contributed by atoms with Crippen LogP contribution in [0.3, 0.4) is 0 Å². The van der Waals surface area contributed by atoms with Crippen LogP contribution in [0.4, 0.5) is 0 Å². The summed E-state index contributed by atoms with van der Waals surface area (Å²) in [6.45, 7) is 1.90. The molecule has 24 heavy (non-hydrogen) atoms. The highest BCUT2D eigenvalue weighted by Crippen LogP contribution is 2.39. The number of hydrogen-bond donors (Lipinski definition) is 0. The summed E-state index contributed by atoms with van der Waals surface area (Å²) < 4.78 is 21.5. The second kappa shape index (κ2) is 6.23. The lowest BCUT2D eigenvalue weighted by atomic mass is 10.1. The fourth-order valence-electron chi connectivity index (χ4n) is 2.64. The summed E-state index contributed by atoms with van der Waals surface area (Å²) in [6.07, 6.45) is 0. The molecule has 6 heteroatoms. The molecule has 0 unspecified atom stereocenters. The third kappa shape index (κ3) is 2.36. The van der Waals surface area contributed by atoms with Gasteiger partial charge in [0.2, 0.25) is 11.2 Å². The summed E-state index contributed by atoms with van der Waals surface area (Å²) >= 11 is 0. The molecule has 0 fully saturated rings. The van der Waals surface area contributed by atoms with Crippen molar-refractivity contribution in [3.05, 3.63) is 46.1 Å². The van der Waals surface area contributed by atoms with E-state index in [1.54, 1.807) is 31.2 Å². The van der Waals surface area contributed by atoms with Gasteiger partial charge in [-0.25, -0.2) is 4.79 Å². The summed E-state index contributed by atoms with van der Waals surface area (Å²) in [4.78, 5) is 25.0. The first-order chi connectivity index (χ1) is 11.6. The van der Waals surface area contributed by atoms with Gasteiger partial charge in [-0.05, 0) is 25.1 Å². The number of methoxy groups -OCH3 is 2. The minimum Gasteiger partial charge on any atom is -0.492 e. The summed E-state index contributed by atoms with van der Waals surface area (Å²) in [6, 6.07) is 8.31. The molecule has 0 aliphatic heterocycles. The highest BCUT2D eigenvalue weighted by Gasteiger charge is 2.24. The highest BCUT2D eigenvalue weighted by molar-refractivity contribution is 6.02. The van der Waals surface area contributed by atoms with Gasteiger partial charge in [0.1, 0.15) is 11.1 Å². The Labute approximate surface area is 137 Å². The molecule has 1 heterocycles. The van der Waals surface area contributed by atoms with Crippen LogP contribution in [-0.4, -0.2) is 26.8 Å². The molecule has 0 bridgehead atoms. The fourth-order valence-corrected chi connectivity index (χ4v) is 2.64. The Hall–Kier alpha value is -3.02. The number of hydrogen-bond acceptors (Lipinski definition) is 6. The molecule has 0 aliphatic carbocycles. The Morgan fingerprint density at radius 1 is 1.08 bits per heavy atom. The lowest BCUT2D eigenvalue weighted by Gasteiger charge is -2.14. The van der Waals surface area contributed by atoms with Gasteiger partial charge in [0, 0.05) is 0 Å². The molecular formula is C18H16O6. The smallest absolute Gasteiger partial charge is 0.342 e. The molecule has 0 amide bonds. The predicted molar refractivity (Wildman–Crippen MR) is 89.1 cm³/mol. The standard InChI is InChI=1S/C18H16O6/c1-4-23-18(20)12-9-11-14(19)10-7-5-6-8-13(10)24-16(11)17(22-3)15(12)21-2/h5-9H,4H2,1-3H3. The zero-order valence-corrected chi connectivity index (χ0v) is 13.5. The van der Waals surface area contributed by atoms with Crippen molar-refractivity contribution < 1.29 is 23.4 Å². The van der Waals surface area contributed by atoms with E-state index in [4.69, 9.17) is 18.6 Å². The van der Waals surface area contributed by atoms with Crippen LogP contribution in [0, 0.1) is 0 Å². The van der Waals surface area contributed by atoms with Gasteiger partial charge in [0.05, 0.1) is 31.6 Å². The molecule has 3 rings (SSSR count). The van der Waals surface area contributed by atoms with Crippen molar-refractivity contribution in [2.75, 3.05) is 20.8 Å². The van der Waals surface area contributed by atoms with Gasteiger partial charge >= 0.3 is 5.97 Å². The van der Waals surface area contributed by atoms with Crippen molar-refractivity contribution in [3.63, 3.8) is 0 Å². The van der Waals surface area contributed by atoms with Crippen molar-refractivity contribution >= 4 is 27.9 Å². The molecule has 1 aromatic heterocycles. The quantitative estimate of drug-likeness (QED) is 0.541. The zero-order chi connectivity index (χ0) is 17.3. The minimum absolute atomic E-state index is 0.117. The first-order valence-corrected chi connectivity index (χ1v) is 7.40. The second-order valence-electron chi connectivity index (χ2n) is 5.02. The van der Waals surface area contributed by atoms with E-state index in [1.165, 1.54) is 20.3 Å². The average Bonchev–Trinajstić information content (AvgIpc) is 2.60. The Morgan fingerprint density at radius 3 is 2.46 bits per heavy atom. The number of fused-ring (bicyclic) bond motifs is 2. The zero-order valence-electron chi connectivity index (χ0n) is 13.5. The van der Waals surface area contributed by atoms with Gasteiger partial charge in [-0.1, -0.05) is 12.1 Å². The van der Waals surface area contributed by atoms with E-state index in [9.17, 15) is 9.59 Å². The molecule has 0 saturated carbocycles. The molecule has 0 spiro atoms. The maximum atomic E-state index is 12.8. The third-order valence-corrected chi connectivity index (χ3v) is 3.68. The van der Waals surface area contributed by atoms with Crippen LogP contribution in [0.25, 0.3) is 21.9 Å². The van der Waals surface area contributed by atoms with Crippen LogP contribution in [0.15, 0.2) is 39.5 Å². The molecule has 0 saturated heterocycles. The minimum atomic E-state index is -0.595. The van der Waals surface area contributed by atoms with E-state index in [0.717, 1.165) is 0 Å². The fraction of sp³-hybridized carbons (Fsp3) is 0.222. The van der Waals surface area contributed by atoms with E-state index in [0.29, 0.717) is 11.0 Å². The molecule has 124 valence electrons. The van der Waals surface area contributed by atoms with Crippen LogP contribution in [0.5, 0.6) is 11.5 Å². The number of esters is 1. The number of carbonyl (C=O) groups excluding carboxylic acids is 1. The van der Waals surface area contributed by atoms with Gasteiger partial charge in [-0.3, -0.25) is 4.79 Å². The number of benzene rings is 2. The third-order valence-electron chi connectivity index (χ3n) is 3.68. The number of para-hydroxylation sites is 1. The monoisotopic (exact) mass is 328 g/mol. The van der Waals surface area contributed by atoms with Gasteiger partial charge in [-0.2, -0.15) is 0 Å². The van der Waals surface area contributed by atoms with Crippen LogP contribution in [0.2, 0.25) is 0 Å². The van der Waals surface area contributed by atoms with E-state index in [1.807, 2.05) is 0 Å². The lowest BCUT2D eigenvalue weighted by molar-refractivity contribution is 0.0522. The first-order valence-electron chi connectivity index (χ1n) is 7.40. The Kier molecular flexibility index (Phi) is 4.12. The SMILES string of the molecule is CCOC(=O)c1cc2c(=O)c3ccccc3oc2c(OC)c1OC. The van der Waals surface area contributed by atoms with Crippen molar-refractivity contribution in [2.24, 2.45) is 0 Å². The molecule has 6 nitrogen and oxygen atoms in total. The van der Waals surface area contributed by atoms with E-state index in [-0.39, 0.29) is 40.1 Å². The Bertz CT molecular complexity index is 986. The topological polar surface area (TPSA) is 75.0 Å². The van der Waals surface area contributed by atoms with Crippen molar-refractivity contribution in [2.45, 2.75) is 6.92 Å². The van der Waals surface area contributed by atoms with E-state index >= 15 is 0 Å². The maximum Gasteiger partial charge on any atom is 0.342 e. The van der Waals surface area contributed by atoms with Gasteiger partial charge in [-0.15, -0.1) is 0 Å². The normalized spacial score (nSPS) is 10.8. The number of rotatable bonds is 4. The molecule has 0 N–H and O–H groups in total. The largest absolute Gasteiger partial charge is 0.492 e. The molecule has 0 radical (unpaired) electrons. The molecule has 3 aromatic rings. The second-order valence-corrected chi connectivity index (χ2v) is 5.02. The van der Waals surface area contributed by atoms with E-state index in [2.05, 4.69) is 0 Å². The van der Waals surface area contributed by atoms with Crippen molar-refractivity contribution in [1.29, 1.82) is 0 Å². The van der Waals surface area contributed by atoms with Crippen LogP contribution < -0.4 is 14.9 Å². The Morgan fingerprint density at radius 2 is 1.79 bits per heavy atom. The summed E-state index contributed by atoms with van der Waals surface area (Å²) in [7, 11) is 2.83. The summed E-state index contributed by atoms with van der Waals surface area (Å²) in [5.41, 5.74) is 0.523. The molecule has 0 atom stereocenters. The van der Waals surface area contributed by atoms with Crippen LogP contribution >= 0.6 is 0 Å². The van der Waals surface area contributed by atoms with E-state index < -0.39 is 5.97 Å². The first kappa shape index (κ1) is 15.9. The number of ether oxygens (including phenoxy) is 3. The van der Waals surface area contributed by atoms with Crippen molar-refractivity contribution in [3.8, 4) is 11.5 Å². The number of carbonyl (C=O) groups is 1. The van der Waals surface area contributed by atoms with Crippen LogP contribution in [-0.2, 0) is 4.74 Å². The molecule has 2 aromatic carbocycles. The van der Waals surface area contributed by atoms with Crippen LogP contribution in [0.1, 0.15) is 17.3 Å². The summed E-state index contributed by atoms with van der Waals surface area (Å²) in [5, 5.41) is 0.654. The van der Waals surface area contributed by atoms with Crippen molar-refractivity contribution in [1.82, 2.24) is 0 Å². The average molecular weight is 328 g/mol. The lowest BCUT2D eigenvalue weighted by Crippen LogP contribution is -2.11. The maximum absolute atomic E-state index is 12.8. The van der Waals surface area contributed by atoms with Gasteiger partial charge in [0.15, 0.2) is 11.3 Å². The predicted octanol–water partition coefficient (Wildman–Crippen LogP) is 3.14. The highest BCUT2D eigenvalue weighted by atomic mass is 16.5. The Balaban J connectivity index is 2.47. The summed E-state index contributed by atoms with van der Waals surface area (Å²) in [5.74, 6) is -0.245.